The Labute approximate surface area is 133 Å². The van der Waals surface area contributed by atoms with Crippen LogP contribution in [0.3, 0.4) is 0 Å². The van der Waals surface area contributed by atoms with Gasteiger partial charge in [0.25, 0.3) is 0 Å². The summed E-state index contributed by atoms with van der Waals surface area (Å²) in [4.78, 5) is 12.4. The maximum absolute atomic E-state index is 12.4. The molecule has 1 unspecified atom stereocenters. The molecule has 22 heavy (non-hydrogen) atoms. The lowest BCUT2D eigenvalue weighted by Gasteiger charge is -2.18. The van der Waals surface area contributed by atoms with Gasteiger partial charge in [0.1, 0.15) is 0 Å². The Morgan fingerprint density at radius 2 is 2.05 bits per heavy atom. The van der Waals surface area contributed by atoms with E-state index >= 15 is 0 Å². The molecular weight excluding hydrogens is 272 g/mol. The number of nitrogens with one attached hydrogen (secondary N) is 2. The van der Waals surface area contributed by atoms with Crippen LogP contribution in [0.4, 0.5) is 0 Å². The molecule has 1 saturated carbocycles. The van der Waals surface area contributed by atoms with Crippen molar-refractivity contribution in [1.82, 2.24) is 10.6 Å². The summed E-state index contributed by atoms with van der Waals surface area (Å²) in [5.74, 6) is 1.22. The van der Waals surface area contributed by atoms with Crippen molar-refractivity contribution >= 4 is 5.91 Å². The average Bonchev–Trinajstić information content (AvgIpc) is 3.20. The number of amides is 1. The van der Waals surface area contributed by atoms with Crippen molar-refractivity contribution in [1.29, 1.82) is 0 Å². The Morgan fingerprint density at radius 3 is 2.82 bits per heavy atom. The molecule has 1 aromatic carbocycles. The predicted octanol–water partition coefficient (Wildman–Crippen LogP) is 3.51. The Kier molecular flexibility index (Phi) is 5.14. The minimum atomic E-state index is 0.194. The molecule has 1 aromatic rings. The zero-order valence-electron chi connectivity index (χ0n) is 13.7. The predicted molar refractivity (Wildman–Crippen MR) is 89.2 cm³/mol. The molecule has 0 spiro atoms. The van der Waals surface area contributed by atoms with Gasteiger partial charge in [0, 0.05) is 25.6 Å². The minimum Gasteiger partial charge on any atom is -0.352 e. The third kappa shape index (κ3) is 3.70. The van der Waals surface area contributed by atoms with Gasteiger partial charge in [-0.3, -0.25) is 4.79 Å². The van der Waals surface area contributed by atoms with E-state index < -0.39 is 0 Å². The fraction of sp³-hybridized carbons (Fsp3) is 0.632. The fourth-order valence-electron chi connectivity index (χ4n) is 3.90. The van der Waals surface area contributed by atoms with E-state index in [9.17, 15) is 4.79 Å². The number of hydrogen-bond acceptors (Lipinski definition) is 2. The molecule has 1 heterocycles. The lowest BCUT2D eigenvalue weighted by atomic mass is 9.91. The first kappa shape index (κ1) is 15.5. The van der Waals surface area contributed by atoms with Gasteiger partial charge in [0.05, 0.1) is 0 Å². The summed E-state index contributed by atoms with van der Waals surface area (Å²) in [5, 5.41) is 6.52. The number of carbonyl (C=O) groups excluding carboxylic acids is 1. The fourth-order valence-corrected chi connectivity index (χ4v) is 3.90. The average molecular weight is 300 g/mol. The van der Waals surface area contributed by atoms with Crippen LogP contribution in [0.1, 0.15) is 62.1 Å². The SMILES string of the molecule is CCC(CC1CCCC1)C(=O)NCc1ccc2c(c1)CNC2. The largest absolute Gasteiger partial charge is 0.352 e. The summed E-state index contributed by atoms with van der Waals surface area (Å²) >= 11 is 0. The second-order valence-electron chi connectivity index (χ2n) is 6.92. The van der Waals surface area contributed by atoms with E-state index in [1.54, 1.807) is 0 Å². The second kappa shape index (κ2) is 7.28. The molecule has 0 bridgehead atoms. The highest BCUT2D eigenvalue weighted by Gasteiger charge is 2.23. The van der Waals surface area contributed by atoms with Crippen molar-refractivity contribution in [2.45, 2.75) is 65.1 Å². The van der Waals surface area contributed by atoms with Crippen LogP contribution in [0.2, 0.25) is 0 Å². The topological polar surface area (TPSA) is 41.1 Å². The van der Waals surface area contributed by atoms with Crippen molar-refractivity contribution in [3.05, 3.63) is 34.9 Å². The van der Waals surface area contributed by atoms with Gasteiger partial charge in [-0.25, -0.2) is 0 Å². The molecule has 2 aliphatic rings. The highest BCUT2D eigenvalue weighted by atomic mass is 16.1. The van der Waals surface area contributed by atoms with Crippen LogP contribution < -0.4 is 10.6 Å². The number of carbonyl (C=O) groups is 1. The Bertz CT molecular complexity index is 520. The molecule has 1 aliphatic carbocycles. The molecule has 0 radical (unpaired) electrons. The summed E-state index contributed by atoms with van der Waals surface area (Å²) < 4.78 is 0. The number of rotatable bonds is 6. The summed E-state index contributed by atoms with van der Waals surface area (Å²) in [6.45, 7) is 4.73. The van der Waals surface area contributed by atoms with Gasteiger partial charge in [-0.2, -0.15) is 0 Å². The summed E-state index contributed by atoms with van der Waals surface area (Å²) in [5.41, 5.74) is 3.99. The van der Waals surface area contributed by atoms with Crippen molar-refractivity contribution in [2.24, 2.45) is 11.8 Å². The normalized spacial score (nSPS) is 19.1. The molecule has 1 aliphatic heterocycles. The van der Waals surface area contributed by atoms with E-state index in [1.165, 1.54) is 42.4 Å². The first-order valence-corrected chi connectivity index (χ1v) is 8.85. The molecule has 1 amide bonds. The first-order chi connectivity index (χ1) is 10.8. The maximum Gasteiger partial charge on any atom is 0.223 e. The number of hydrogen-bond donors (Lipinski definition) is 2. The quantitative estimate of drug-likeness (QED) is 0.844. The zero-order chi connectivity index (χ0) is 15.4. The van der Waals surface area contributed by atoms with E-state index in [2.05, 4.69) is 35.8 Å². The van der Waals surface area contributed by atoms with Crippen LogP contribution >= 0.6 is 0 Å². The molecule has 120 valence electrons. The van der Waals surface area contributed by atoms with E-state index in [4.69, 9.17) is 0 Å². The Hall–Kier alpha value is -1.35. The number of fused-ring (bicyclic) bond motifs is 1. The highest BCUT2D eigenvalue weighted by Crippen LogP contribution is 2.31. The lowest BCUT2D eigenvalue weighted by Crippen LogP contribution is -2.31. The minimum absolute atomic E-state index is 0.194. The van der Waals surface area contributed by atoms with Crippen molar-refractivity contribution in [3.8, 4) is 0 Å². The van der Waals surface area contributed by atoms with Crippen LogP contribution in [0.15, 0.2) is 18.2 Å². The third-order valence-corrected chi connectivity index (χ3v) is 5.32. The molecule has 1 fully saturated rings. The monoisotopic (exact) mass is 300 g/mol. The Morgan fingerprint density at radius 1 is 1.27 bits per heavy atom. The molecular formula is C19H28N2O. The van der Waals surface area contributed by atoms with Gasteiger partial charge in [0.2, 0.25) is 5.91 Å². The number of benzene rings is 1. The summed E-state index contributed by atoms with van der Waals surface area (Å²) in [6.07, 6.45) is 7.38. The van der Waals surface area contributed by atoms with Gasteiger partial charge in [-0.1, -0.05) is 50.8 Å². The van der Waals surface area contributed by atoms with E-state index in [1.807, 2.05) is 0 Å². The highest BCUT2D eigenvalue weighted by molar-refractivity contribution is 5.78. The maximum atomic E-state index is 12.4. The lowest BCUT2D eigenvalue weighted by molar-refractivity contribution is -0.125. The van der Waals surface area contributed by atoms with Gasteiger partial charge < -0.3 is 10.6 Å². The van der Waals surface area contributed by atoms with Crippen LogP contribution in [0.25, 0.3) is 0 Å². The van der Waals surface area contributed by atoms with E-state index in [0.717, 1.165) is 31.8 Å². The summed E-state index contributed by atoms with van der Waals surface area (Å²) in [6, 6.07) is 6.56. The molecule has 1 atom stereocenters. The Balaban J connectivity index is 1.52. The molecule has 2 N–H and O–H groups in total. The first-order valence-electron chi connectivity index (χ1n) is 8.85. The van der Waals surface area contributed by atoms with Crippen LogP contribution in [-0.4, -0.2) is 5.91 Å². The third-order valence-electron chi connectivity index (χ3n) is 5.32. The standard InChI is InChI=1S/C19H28N2O/c1-2-16(9-14-5-3-4-6-14)19(22)21-11-15-7-8-17-12-20-13-18(17)10-15/h7-8,10,14,16,20H,2-6,9,11-13H2,1H3,(H,21,22). The smallest absolute Gasteiger partial charge is 0.223 e. The molecule has 0 saturated heterocycles. The van der Waals surface area contributed by atoms with Gasteiger partial charge in [-0.15, -0.1) is 0 Å². The van der Waals surface area contributed by atoms with Gasteiger partial charge >= 0.3 is 0 Å². The molecule has 3 heteroatoms. The van der Waals surface area contributed by atoms with Gasteiger partial charge in [-0.05, 0) is 35.4 Å². The zero-order valence-corrected chi connectivity index (χ0v) is 13.7. The van der Waals surface area contributed by atoms with Crippen LogP contribution in [0.5, 0.6) is 0 Å². The van der Waals surface area contributed by atoms with Gasteiger partial charge in [0.15, 0.2) is 0 Å². The van der Waals surface area contributed by atoms with E-state index in [-0.39, 0.29) is 11.8 Å². The molecule has 0 aromatic heterocycles. The second-order valence-corrected chi connectivity index (χ2v) is 6.92. The summed E-state index contributed by atoms with van der Waals surface area (Å²) in [7, 11) is 0. The van der Waals surface area contributed by atoms with Crippen molar-refractivity contribution in [3.63, 3.8) is 0 Å². The van der Waals surface area contributed by atoms with Crippen LogP contribution in [0, 0.1) is 11.8 Å². The molecule has 3 nitrogen and oxygen atoms in total. The van der Waals surface area contributed by atoms with Crippen molar-refractivity contribution in [2.75, 3.05) is 0 Å². The molecule has 3 rings (SSSR count). The van der Waals surface area contributed by atoms with Crippen LogP contribution in [-0.2, 0) is 24.4 Å². The van der Waals surface area contributed by atoms with Crippen molar-refractivity contribution < 1.29 is 4.79 Å². The van der Waals surface area contributed by atoms with E-state index in [0.29, 0.717) is 6.54 Å².